The minimum atomic E-state index is 0.258. The summed E-state index contributed by atoms with van der Waals surface area (Å²) in [5.41, 5.74) is 0. The van der Waals surface area contributed by atoms with Gasteiger partial charge in [0.25, 0.3) is 0 Å². The van der Waals surface area contributed by atoms with Gasteiger partial charge in [0.15, 0.2) is 6.61 Å². The third kappa shape index (κ3) is 4.83. The number of ether oxygens (including phenoxy) is 2. The van der Waals surface area contributed by atoms with Crippen LogP contribution in [-0.4, -0.2) is 17.3 Å². The summed E-state index contributed by atoms with van der Waals surface area (Å²) in [5, 5.41) is 9.57. The lowest BCUT2D eigenvalue weighted by Crippen LogP contribution is -2.24. The number of nitrogens with zero attached hydrogens (tertiary/aromatic N) is 2. The van der Waals surface area contributed by atoms with E-state index in [-0.39, 0.29) is 12.6 Å². The van der Waals surface area contributed by atoms with Crippen molar-refractivity contribution in [3.8, 4) is 11.5 Å². The van der Waals surface area contributed by atoms with Crippen molar-refractivity contribution in [3.05, 3.63) is 58.4 Å². The predicted molar refractivity (Wildman–Crippen MR) is 100 cm³/mol. The van der Waals surface area contributed by atoms with Crippen LogP contribution in [0.15, 0.2) is 46.3 Å². The van der Waals surface area contributed by atoms with Crippen molar-refractivity contribution in [1.29, 1.82) is 0 Å². The van der Waals surface area contributed by atoms with Crippen LogP contribution in [0.5, 0.6) is 11.5 Å². The van der Waals surface area contributed by atoms with Crippen LogP contribution in [0.1, 0.15) is 36.5 Å². The Kier molecular flexibility index (Phi) is 6.25. The van der Waals surface area contributed by atoms with E-state index in [1.807, 2.05) is 24.3 Å². The fourth-order valence-corrected chi connectivity index (χ4v) is 3.54. The van der Waals surface area contributed by atoms with Crippen molar-refractivity contribution in [2.75, 3.05) is 7.11 Å². The minimum Gasteiger partial charge on any atom is -0.497 e. The number of thiophene rings is 1. The van der Waals surface area contributed by atoms with Gasteiger partial charge in [0, 0.05) is 10.9 Å². The van der Waals surface area contributed by atoms with Gasteiger partial charge in [-0.3, -0.25) is 0 Å². The number of hydrogen-bond donors (Lipinski definition) is 1. The van der Waals surface area contributed by atoms with Crippen LogP contribution in [0, 0.1) is 5.92 Å². The molecule has 0 unspecified atom stereocenters. The van der Waals surface area contributed by atoms with Crippen molar-refractivity contribution >= 4 is 11.3 Å². The Hall–Kier alpha value is -2.38. The van der Waals surface area contributed by atoms with Gasteiger partial charge >= 0.3 is 0 Å². The first-order chi connectivity index (χ1) is 12.7. The average Bonchev–Trinajstić information content (AvgIpc) is 3.32. The maximum absolute atomic E-state index is 5.67. The van der Waals surface area contributed by atoms with E-state index in [2.05, 4.69) is 46.8 Å². The van der Waals surface area contributed by atoms with Gasteiger partial charge in [-0.25, -0.2) is 0 Å². The summed E-state index contributed by atoms with van der Waals surface area (Å²) >= 11 is 1.75. The van der Waals surface area contributed by atoms with Gasteiger partial charge in [-0.1, -0.05) is 25.1 Å². The van der Waals surface area contributed by atoms with Gasteiger partial charge in [0.1, 0.15) is 11.5 Å². The molecule has 6 nitrogen and oxygen atoms in total. The molecule has 0 amide bonds. The molecule has 2 heterocycles. The molecule has 0 aliphatic heterocycles. The van der Waals surface area contributed by atoms with E-state index in [9.17, 15) is 0 Å². The van der Waals surface area contributed by atoms with Crippen LogP contribution in [0.2, 0.25) is 0 Å². The van der Waals surface area contributed by atoms with Crippen molar-refractivity contribution in [2.45, 2.75) is 33.0 Å². The predicted octanol–water partition coefficient (Wildman–Crippen LogP) is 4.21. The lowest BCUT2D eigenvalue weighted by Gasteiger charge is -2.20. The maximum Gasteiger partial charge on any atom is 0.240 e. The summed E-state index contributed by atoms with van der Waals surface area (Å²) < 4.78 is 16.1. The number of methoxy groups -OCH3 is 1. The second kappa shape index (κ2) is 8.82. The van der Waals surface area contributed by atoms with Gasteiger partial charge < -0.3 is 19.3 Å². The number of nitrogens with one attached hydrogen (secondary N) is 1. The lowest BCUT2D eigenvalue weighted by atomic mass is 10.0. The van der Waals surface area contributed by atoms with E-state index >= 15 is 0 Å². The normalized spacial score (nSPS) is 12.3. The minimum absolute atomic E-state index is 0.258. The zero-order valence-corrected chi connectivity index (χ0v) is 16.0. The number of aromatic nitrogens is 2. The smallest absolute Gasteiger partial charge is 0.240 e. The number of hydrogen-bond acceptors (Lipinski definition) is 7. The number of benzene rings is 1. The Balaban J connectivity index is 1.52. The fourth-order valence-electron chi connectivity index (χ4n) is 2.57. The summed E-state index contributed by atoms with van der Waals surface area (Å²) in [4.78, 5) is 5.69. The first kappa shape index (κ1) is 18.4. The molecule has 0 saturated carbocycles. The topological polar surface area (TPSA) is 69.4 Å². The van der Waals surface area contributed by atoms with E-state index in [0.29, 0.717) is 24.2 Å². The Labute approximate surface area is 157 Å². The molecule has 0 aliphatic rings. The van der Waals surface area contributed by atoms with Crippen LogP contribution >= 0.6 is 11.3 Å². The van der Waals surface area contributed by atoms with Crippen molar-refractivity contribution < 1.29 is 14.0 Å². The highest BCUT2D eigenvalue weighted by Gasteiger charge is 2.17. The molecule has 3 rings (SSSR count). The molecule has 2 aromatic heterocycles. The first-order valence-electron chi connectivity index (χ1n) is 8.51. The zero-order chi connectivity index (χ0) is 18.4. The molecule has 0 aliphatic carbocycles. The summed E-state index contributed by atoms with van der Waals surface area (Å²) in [7, 11) is 1.63. The molecule has 0 saturated heterocycles. The van der Waals surface area contributed by atoms with E-state index in [4.69, 9.17) is 14.0 Å². The second-order valence-electron chi connectivity index (χ2n) is 6.19. The zero-order valence-electron chi connectivity index (χ0n) is 15.1. The standard InChI is InChI=1S/C19H23N3O3S/c1-13(2)19(16-5-4-10-26-16)20-11-18-21-17(22-25-18)12-24-15-8-6-14(23-3)7-9-15/h4-10,13,19-20H,11-12H2,1-3H3/t19-/m1/s1. The second-order valence-corrected chi connectivity index (χ2v) is 7.17. The fraction of sp³-hybridized carbons (Fsp3) is 0.368. The number of rotatable bonds is 9. The van der Waals surface area contributed by atoms with E-state index in [1.165, 1.54) is 4.88 Å². The SMILES string of the molecule is COc1ccc(OCc2noc(CN[C@@H](c3cccs3)C(C)C)n2)cc1. The van der Waals surface area contributed by atoms with Crippen molar-refractivity contribution in [1.82, 2.24) is 15.5 Å². The summed E-state index contributed by atoms with van der Waals surface area (Å²) in [6.07, 6.45) is 0. The summed E-state index contributed by atoms with van der Waals surface area (Å²) in [6, 6.07) is 11.9. The molecule has 26 heavy (non-hydrogen) atoms. The molecule has 7 heteroatoms. The molecule has 3 aromatic rings. The first-order valence-corrected chi connectivity index (χ1v) is 9.38. The van der Waals surface area contributed by atoms with E-state index in [1.54, 1.807) is 18.4 Å². The van der Waals surface area contributed by atoms with Gasteiger partial charge in [0.05, 0.1) is 13.7 Å². The molecular formula is C19H23N3O3S. The summed E-state index contributed by atoms with van der Waals surface area (Å²) in [5.74, 6) is 3.06. The quantitative estimate of drug-likeness (QED) is 0.606. The molecule has 0 bridgehead atoms. The molecule has 1 aromatic carbocycles. The summed E-state index contributed by atoms with van der Waals surface area (Å²) in [6.45, 7) is 5.17. The Morgan fingerprint density at radius 3 is 2.58 bits per heavy atom. The lowest BCUT2D eigenvalue weighted by molar-refractivity contribution is 0.283. The maximum atomic E-state index is 5.67. The van der Waals surface area contributed by atoms with E-state index < -0.39 is 0 Å². The monoisotopic (exact) mass is 373 g/mol. The molecule has 0 spiro atoms. The van der Waals surface area contributed by atoms with Crippen LogP contribution in [0.3, 0.4) is 0 Å². The van der Waals surface area contributed by atoms with Crippen LogP contribution in [0.25, 0.3) is 0 Å². The molecule has 0 radical (unpaired) electrons. The molecule has 0 fully saturated rings. The molecule has 1 atom stereocenters. The van der Waals surface area contributed by atoms with E-state index in [0.717, 1.165) is 11.5 Å². The van der Waals surface area contributed by atoms with Crippen molar-refractivity contribution in [3.63, 3.8) is 0 Å². The van der Waals surface area contributed by atoms with Gasteiger partial charge in [-0.05, 0) is 41.6 Å². The molecule has 138 valence electrons. The van der Waals surface area contributed by atoms with Gasteiger partial charge in [-0.2, -0.15) is 4.98 Å². The van der Waals surface area contributed by atoms with Crippen LogP contribution in [-0.2, 0) is 13.2 Å². The Morgan fingerprint density at radius 2 is 1.92 bits per heavy atom. The average molecular weight is 373 g/mol. The third-order valence-electron chi connectivity index (χ3n) is 3.93. The highest BCUT2D eigenvalue weighted by molar-refractivity contribution is 7.10. The third-order valence-corrected chi connectivity index (χ3v) is 4.88. The largest absolute Gasteiger partial charge is 0.497 e. The molecule has 1 N–H and O–H groups in total. The Bertz CT molecular complexity index is 785. The molecular weight excluding hydrogens is 350 g/mol. The van der Waals surface area contributed by atoms with Crippen LogP contribution in [0.4, 0.5) is 0 Å². The van der Waals surface area contributed by atoms with Gasteiger partial charge in [0.2, 0.25) is 11.7 Å². The van der Waals surface area contributed by atoms with Gasteiger partial charge in [-0.15, -0.1) is 11.3 Å². The Morgan fingerprint density at radius 1 is 1.15 bits per heavy atom. The van der Waals surface area contributed by atoms with Crippen LogP contribution < -0.4 is 14.8 Å². The highest BCUT2D eigenvalue weighted by Crippen LogP contribution is 2.26. The van der Waals surface area contributed by atoms with Crippen molar-refractivity contribution in [2.24, 2.45) is 5.92 Å². The highest BCUT2D eigenvalue weighted by atomic mass is 32.1.